The topological polar surface area (TPSA) is 0 Å². The van der Waals surface area contributed by atoms with E-state index in [0.717, 1.165) is 11.1 Å². The Balaban J connectivity index is 0.000000468. The summed E-state index contributed by atoms with van der Waals surface area (Å²) in [4.78, 5) is 0. The summed E-state index contributed by atoms with van der Waals surface area (Å²) >= 11 is 0. The van der Waals surface area contributed by atoms with E-state index in [1.165, 1.54) is 36.1 Å². The average Bonchev–Trinajstić information content (AvgIpc) is 2.73. The second-order valence-electron chi connectivity index (χ2n) is 10.0. The first-order valence-electron chi connectivity index (χ1n) is 11.4. The van der Waals surface area contributed by atoms with Gasteiger partial charge in [-0.2, -0.15) is 0 Å². The Bertz CT molecular complexity index is 846. The third-order valence-corrected chi connectivity index (χ3v) is 9.25. The van der Waals surface area contributed by atoms with Crippen LogP contribution < -0.4 is 10.4 Å². The summed E-state index contributed by atoms with van der Waals surface area (Å²) in [6.45, 7) is 13.9. The van der Waals surface area contributed by atoms with Gasteiger partial charge in [-0.05, 0) is 25.7 Å². The molecule has 0 spiro atoms. The quantitative estimate of drug-likeness (QED) is 0.142. The van der Waals surface area contributed by atoms with Crippen molar-refractivity contribution >= 4 is 26.5 Å². The Labute approximate surface area is 220 Å². The largest absolute Gasteiger partial charge is 2.00 e. The fraction of sp³-hybridized carbons (Fsp3) is 0.333. The van der Waals surface area contributed by atoms with Crippen LogP contribution in [-0.4, -0.2) is 16.1 Å². The molecule has 0 unspecified atom stereocenters. The molecule has 0 N–H and O–H groups in total. The van der Waals surface area contributed by atoms with Crippen LogP contribution in [0.3, 0.4) is 0 Å². The van der Waals surface area contributed by atoms with Crippen molar-refractivity contribution in [2.75, 3.05) is 0 Å². The van der Waals surface area contributed by atoms with Crippen LogP contribution in [0.1, 0.15) is 36.8 Å². The summed E-state index contributed by atoms with van der Waals surface area (Å²) in [5, 5.41) is 2.86. The van der Waals surface area contributed by atoms with Crippen molar-refractivity contribution in [2.24, 2.45) is 0 Å². The number of rotatable bonds is 2. The van der Waals surface area contributed by atoms with Gasteiger partial charge in [0.05, 0.1) is 16.1 Å². The molecule has 0 nitrogen and oxygen atoms in total. The van der Waals surface area contributed by atoms with E-state index in [2.05, 4.69) is 99.7 Å². The summed E-state index contributed by atoms with van der Waals surface area (Å²) < 4.78 is 0. The van der Waals surface area contributed by atoms with E-state index >= 15 is 0 Å². The van der Waals surface area contributed by atoms with Gasteiger partial charge in [-0.3, -0.25) is 11.8 Å². The van der Waals surface area contributed by atoms with E-state index in [9.17, 15) is 0 Å². The van der Waals surface area contributed by atoms with Gasteiger partial charge in [-0.1, -0.05) is 98.2 Å². The van der Waals surface area contributed by atoms with Crippen LogP contribution in [0.25, 0.3) is 0 Å². The van der Waals surface area contributed by atoms with Crippen molar-refractivity contribution in [3.63, 3.8) is 0 Å². The Morgan fingerprint density at radius 1 is 0.515 bits per heavy atom. The third-order valence-electron chi connectivity index (χ3n) is 5.12. The van der Waals surface area contributed by atoms with Gasteiger partial charge >= 0.3 is 21.1 Å². The first kappa shape index (κ1) is 31.2. The molecule has 176 valence electrons. The predicted molar refractivity (Wildman–Crippen MR) is 148 cm³/mol. The maximum atomic E-state index is 6.93. The fourth-order valence-electron chi connectivity index (χ4n) is 2.96. The first-order chi connectivity index (χ1) is 15.1. The number of hydrogen-bond acceptors (Lipinski definition) is 0. The Hall–Kier alpha value is -1.84. The standard InChI is InChI=1S/2C11H13Si.C8H12.Pt/c2*1-5-10-6-8-11(9-7-10)12(2,3)4;1-2-4-6-8-7-5-3-1;/h2*6-9H,2-4H3;1-2,7-8H,3-6H2;/q2*-1;;+2/b;;2-1-,8-7?;. The minimum Gasteiger partial charge on any atom is -0.366 e. The normalized spacial score (nSPS) is 13.7. The third kappa shape index (κ3) is 13.5. The molecule has 33 heavy (non-hydrogen) atoms. The van der Waals surface area contributed by atoms with Crippen molar-refractivity contribution in [1.29, 1.82) is 0 Å². The van der Waals surface area contributed by atoms with Crippen LogP contribution in [-0.2, 0) is 21.1 Å². The van der Waals surface area contributed by atoms with E-state index < -0.39 is 16.1 Å². The molecule has 3 heteroatoms. The minimum absolute atomic E-state index is 0. The van der Waals surface area contributed by atoms with E-state index in [0.29, 0.717) is 0 Å². The molecular weight excluding hydrogens is 612 g/mol. The molecule has 0 aromatic heterocycles. The smallest absolute Gasteiger partial charge is 0.366 e. The summed E-state index contributed by atoms with van der Waals surface area (Å²) in [7, 11) is -2.32. The zero-order chi connectivity index (χ0) is 24.0. The molecule has 0 amide bonds. The van der Waals surface area contributed by atoms with Crippen LogP contribution in [0.4, 0.5) is 0 Å². The number of benzene rings is 2. The van der Waals surface area contributed by atoms with E-state index in [-0.39, 0.29) is 21.1 Å². The van der Waals surface area contributed by atoms with Crippen molar-refractivity contribution in [2.45, 2.75) is 65.0 Å². The van der Waals surface area contributed by atoms with Crippen LogP contribution in [0.2, 0.25) is 39.3 Å². The molecule has 2 aromatic rings. The molecule has 0 saturated carbocycles. The molecule has 0 saturated heterocycles. The molecule has 3 rings (SSSR count). The second-order valence-corrected chi connectivity index (χ2v) is 20.2. The van der Waals surface area contributed by atoms with E-state index in [4.69, 9.17) is 12.8 Å². The summed E-state index contributed by atoms with van der Waals surface area (Å²) in [5.41, 5.74) is 1.72. The van der Waals surface area contributed by atoms with Gasteiger partial charge < -0.3 is 12.8 Å². The molecule has 0 fully saturated rings. The van der Waals surface area contributed by atoms with Crippen LogP contribution in [0.5, 0.6) is 0 Å². The van der Waals surface area contributed by atoms with Crippen molar-refractivity contribution in [3.8, 4) is 11.8 Å². The Kier molecular flexibility index (Phi) is 15.0. The SMILES string of the molecule is C1=CCC/C=C\CC1.[C-]#Cc1ccc([Si](C)(C)C)cc1.[C-]#Cc1ccc([Si](C)(C)C)cc1.[Pt+2]. The van der Waals surface area contributed by atoms with Gasteiger partial charge in [-0.25, -0.2) is 0 Å². The molecular formula is C30H38PtSi2. The molecule has 0 atom stereocenters. The Morgan fingerprint density at radius 2 is 0.758 bits per heavy atom. The van der Waals surface area contributed by atoms with Crippen LogP contribution in [0.15, 0.2) is 72.8 Å². The Morgan fingerprint density at radius 3 is 0.939 bits per heavy atom. The van der Waals surface area contributed by atoms with Crippen molar-refractivity contribution < 1.29 is 21.1 Å². The summed E-state index contributed by atoms with van der Waals surface area (Å²) in [6.07, 6.45) is 27.9. The van der Waals surface area contributed by atoms with Gasteiger partial charge in [0.15, 0.2) is 0 Å². The van der Waals surface area contributed by atoms with E-state index in [1.807, 2.05) is 24.3 Å². The maximum Gasteiger partial charge on any atom is 2.00 e. The van der Waals surface area contributed by atoms with Crippen LogP contribution >= 0.6 is 0 Å². The average molecular weight is 650 g/mol. The first-order valence-corrected chi connectivity index (χ1v) is 18.4. The molecule has 2 aromatic carbocycles. The van der Waals surface area contributed by atoms with Crippen molar-refractivity contribution in [1.82, 2.24) is 0 Å². The van der Waals surface area contributed by atoms with Gasteiger partial charge in [-0.15, -0.1) is 35.4 Å². The molecule has 1 aliphatic rings. The molecule has 0 heterocycles. The zero-order valence-electron chi connectivity index (χ0n) is 21.1. The summed E-state index contributed by atoms with van der Waals surface area (Å²) in [5.74, 6) is 4.74. The second kappa shape index (κ2) is 15.9. The summed E-state index contributed by atoms with van der Waals surface area (Å²) in [6, 6.07) is 16.3. The van der Waals surface area contributed by atoms with Gasteiger partial charge in [0.1, 0.15) is 0 Å². The van der Waals surface area contributed by atoms with E-state index in [1.54, 1.807) is 0 Å². The van der Waals surface area contributed by atoms with Gasteiger partial charge in [0.25, 0.3) is 0 Å². The molecule has 0 radical (unpaired) electrons. The minimum atomic E-state index is -1.16. The monoisotopic (exact) mass is 649 g/mol. The molecule has 0 aliphatic heterocycles. The molecule has 1 aliphatic carbocycles. The van der Waals surface area contributed by atoms with Crippen LogP contribution in [0, 0.1) is 24.7 Å². The van der Waals surface area contributed by atoms with Gasteiger partial charge in [0, 0.05) is 0 Å². The number of allylic oxidation sites excluding steroid dienone is 4. The van der Waals surface area contributed by atoms with Gasteiger partial charge in [0.2, 0.25) is 0 Å². The maximum absolute atomic E-state index is 6.93. The molecule has 0 bridgehead atoms. The fourth-order valence-corrected chi connectivity index (χ4v) is 5.30. The van der Waals surface area contributed by atoms with Crippen molar-refractivity contribution in [3.05, 3.63) is 96.8 Å². The zero-order valence-corrected chi connectivity index (χ0v) is 25.3. The predicted octanol–water partition coefficient (Wildman–Crippen LogP) is 7.01. The number of hydrogen-bond donors (Lipinski definition) is 0.